The number of alkyl halides is 1. The van der Waals surface area contributed by atoms with Gasteiger partial charge in [-0.3, -0.25) is 0 Å². The fourth-order valence-corrected chi connectivity index (χ4v) is 3.12. The van der Waals surface area contributed by atoms with Gasteiger partial charge in [-0.1, -0.05) is 32.0 Å². The SMILES string of the molecule is CCc1ccc(C(Cl)c2ccsc2)cc1CC. The van der Waals surface area contributed by atoms with E-state index in [1.165, 1.54) is 22.3 Å². The summed E-state index contributed by atoms with van der Waals surface area (Å²) in [5.41, 5.74) is 5.26. The molecule has 17 heavy (non-hydrogen) atoms. The minimum atomic E-state index is -0.0162. The number of thiophene rings is 1. The monoisotopic (exact) mass is 264 g/mol. The number of aryl methyl sites for hydroxylation is 2. The largest absolute Gasteiger partial charge is 0.152 e. The number of benzene rings is 1. The molecule has 0 saturated heterocycles. The van der Waals surface area contributed by atoms with Crippen LogP contribution in [0.2, 0.25) is 0 Å². The van der Waals surface area contributed by atoms with Gasteiger partial charge in [-0.05, 0) is 51.9 Å². The summed E-state index contributed by atoms with van der Waals surface area (Å²) in [6, 6.07) is 8.74. The predicted octanol–water partition coefficient (Wildman–Crippen LogP) is 5.20. The Kier molecular flexibility index (Phi) is 4.25. The van der Waals surface area contributed by atoms with Crippen LogP contribution in [-0.2, 0) is 12.8 Å². The van der Waals surface area contributed by atoms with Crippen molar-refractivity contribution >= 4 is 22.9 Å². The van der Waals surface area contributed by atoms with Crippen LogP contribution in [0.1, 0.15) is 41.5 Å². The fourth-order valence-electron chi connectivity index (χ4n) is 2.09. The van der Waals surface area contributed by atoms with Crippen LogP contribution < -0.4 is 0 Å². The van der Waals surface area contributed by atoms with Crippen molar-refractivity contribution in [1.29, 1.82) is 0 Å². The molecule has 1 heterocycles. The van der Waals surface area contributed by atoms with Gasteiger partial charge in [-0.15, -0.1) is 11.6 Å². The molecule has 0 aliphatic heterocycles. The summed E-state index contributed by atoms with van der Waals surface area (Å²) in [6.45, 7) is 4.40. The molecule has 1 aromatic carbocycles. The van der Waals surface area contributed by atoms with E-state index in [1.54, 1.807) is 11.3 Å². The van der Waals surface area contributed by atoms with E-state index in [2.05, 4.69) is 48.9 Å². The van der Waals surface area contributed by atoms with E-state index in [0.29, 0.717) is 0 Å². The molecule has 0 radical (unpaired) electrons. The highest BCUT2D eigenvalue weighted by Crippen LogP contribution is 2.31. The van der Waals surface area contributed by atoms with Crippen molar-refractivity contribution in [2.75, 3.05) is 0 Å². The maximum atomic E-state index is 6.50. The summed E-state index contributed by atoms with van der Waals surface area (Å²) in [7, 11) is 0. The first-order valence-corrected chi connectivity index (χ1v) is 7.42. The normalized spacial score (nSPS) is 12.6. The second-order valence-corrected chi connectivity index (χ2v) is 5.37. The number of hydrogen-bond donors (Lipinski definition) is 0. The highest BCUT2D eigenvalue weighted by Gasteiger charge is 2.12. The molecular formula is C15H17ClS. The van der Waals surface area contributed by atoms with Crippen molar-refractivity contribution in [2.24, 2.45) is 0 Å². The Morgan fingerprint density at radius 2 is 1.82 bits per heavy atom. The van der Waals surface area contributed by atoms with Crippen molar-refractivity contribution in [3.05, 3.63) is 57.3 Å². The number of hydrogen-bond acceptors (Lipinski definition) is 1. The van der Waals surface area contributed by atoms with E-state index in [1.807, 2.05) is 0 Å². The molecule has 0 saturated carbocycles. The summed E-state index contributed by atoms with van der Waals surface area (Å²) < 4.78 is 0. The van der Waals surface area contributed by atoms with Gasteiger partial charge in [-0.2, -0.15) is 11.3 Å². The lowest BCUT2D eigenvalue weighted by Crippen LogP contribution is -1.96. The van der Waals surface area contributed by atoms with Gasteiger partial charge in [0, 0.05) is 0 Å². The molecule has 1 atom stereocenters. The van der Waals surface area contributed by atoms with Crippen LogP contribution in [-0.4, -0.2) is 0 Å². The van der Waals surface area contributed by atoms with Crippen molar-refractivity contribution in [1.82, 2.24) is 0 Å². The third-order valence-electron chi connectivity index (χ3n) is 3.12. The van der Waals surface area contributed by atoms with E-state index < -0.39 is 0 Å². The molecule has 0 bridgehead atoms. The van der Waals surface area contributed by atoms with Crippen molar-refractivity contribution in [3.63, 3.8) is 0 Å². The maximum absolute atomic E-state index is 6.50. The quantitative estimate of drug-likeness (QED) is 0.666. The van der Waals surface area contributed by atoms with Crippen molar-refractivity contribution < 1.29 is 0 Å². The van der Waals surface area contributed by atoms with Crippen LogP contribution in [0.4, 0.5) is 0 Å². The zero-order chi connectivity index (χ0) is 12.3. The van der Waals surface area contributed by atoms with Crippen LogP contribution in [0.15, 0.2) is 35.0 Å². The molecule has 0 nitrogen and oxygen atoms in total. The first-order valence-electron chi connectivity index (χ1n) is 6.04. The standard InChI is InChI=1S/C15H17ClS/c1-3-11-5-6-13(9-12(11)4-2)15(16)14-7-8-17-10-14/h5-10,15H,3-4H2,1-2H3. The lowest BCUT2D eigenvalue weighted by molar-refractivity contribution is 1.02. The minimum absolute atomic E-state index is 0.0162. The van der Waals surface area contributed by atoms with E-state index in [0.717, 1.165) is 12.8 Å². The molecule has 90 valence electrons. The van der Waals surface area contributed by atoms with E-state index >= 15 is 0 Å². The van der Waals surface area contributed by atoms with Gasteiger partial charge in [0.15, 0.2) is 0 Å². The molecule has 0 aliphatic rings. The zero-order valence-corrected chi connectivity index (χ0v) is 11.8. The average molecular weight is 265 g/mol. The molecule has 0 N–H and O–H groups in total. The van der Waals surface area contributed by atoms with Gasteiger partial charge < -0.3 is 0 Å². The summed E-state index contributed by atoms with van der Waals surface area (Å²) >= 11 is 8.20. The zero-order valence-electron chi connectivity index (χ0n) is 10.2. The lowest BCUT2D eigenvalue weighted by Gasteiger charge is -2.12. The third kappa shape index (κ3) is 2.72. The Labute approximate surface area is 112 Å². The van der Waals surface area contributed by atoms with Crippen LogP contribution in [0.5, 0.6) is 0 Å². The van der Waals surface area contributed by atoms with Crippen LogP contribution in [0.3, 0.4) is 0 Å². The first-order chi connectivity index (χ1) is 8.26. The molecule has 2 rings (SSSR count). The van der Waals surface area contributed by atoms with Crippen molar-refractivity contribution in [3.8, 4) is 0 Å². The van der Waals surface area contributed by atoms with Gasteiger partial charge in [0.1, 0.15) is 0 Å². The molecular weight excluding hydrogens is 248 g/mol. The number of halogens is 1. The fraction of sp³-hybridized carbons (Fsp3) is 0.333. The number of rotatable bonds is 4. The Morgan fingerprint density at radius 1 is 1.06 bits per heavy atom. The van der Waals surface area contributed by atoms with Gasteiger partial charge in [0.05, 0.1) is 5.38 Å². The van der Waals surface area contributed by atoms with Crippen molar-refractivity contribution in [2.45, 2.75) is 32.1 Å². The molecule has 0 spiro atoms. The highest BCUT2D eigenvalue weighted by atomic mass is 35.5. The molecule has 0 fully saturated rings. The van der Waals surface area contributed by atoms with E-state index in [-0.39, 0.29) is 5.38 Å². The van der Waals surface area contributed by atoms with Gasteiger partial charge in [0.25, 0.3) is 0 Å². The summed E-state index contributed by atoms with van der Waals surface area (Å²) in [4.78, 5) is 0. The topological polar surface area (TPSA) is 0 Å². The van der Waals surface area contributed by atoms with Crippen LogP contribution >= 0.6 is 22.9 Å². The second-order valence-electron chi connectivity index (χ2n) is 4.15. The summed E-state index contributed by atoms with van der Waals surface area (Å²) in [5, 5.41) is 4.18. The van der Waals surface area contributed by atoms with E-state index in [9.17, 15) is 0 Å². The van der Waals surface area contributed by atoms with E-state index in [4.69, 9.17) is 11.6 Å². The Morgan fingerprint density at radius 3 is 2.41 bits per heavy atom. The van der Waals surface area contributed by atoms with Gasteiger partial charge in [0.2, 0.25) is 0 Å². The summed E-state index contributed by atoms with van der Waals surface area (Å²) in [6.07, 6.45) is 2.17. The molecule has 2 aromatic rings. The van der Waals surface area contributed by atoms with Crippen LogP contribution in [0, 0.1) is 0 Å². The van der Waals surface area contributed by atoms with Gasteiger partial charge in [-0.25, -0.2) is 0 Å². The molecule has 2 heteroatoms. The smallest absolute Gasteiger partial charge is 0.0843 e. The molecule has 0 aliphatic carbocycles. The van der Waals surface area contributed by atoms with Gasteiger partial charge >= 0.3 is 0 Å². The maximum Gasteiger partial charge on any atom is 0.0843 e. The molecule has 1 aromatic heterocycles. The average Bonchev–Trinajstić information content (AvgIpc) is 2.90. The molecule has 1 unspecified atom stereocenters. The molecule has 0 amide bonds. The minimum Gasteiger partial charge on any atom is -0.152 e. The lowest BCUT2D eigenvalue weighted by atomic mass is 9.97. The van der Waals surface area contributed by atoms with Crippen LogP contribution in [0.25, 0.3) is 0 Å². The Balaban J connectivity index is 2.33. The first kappa shape index (κ1) is 12.7. The second kappa shape index (κ2) is 5.70. The Bertz CT molecular complexity index is 474. The highest BCUT2D eigenvalue weighted by molar-refractivity contribution is 7.08. The predicted molar refractivity (Wildman–Crippen MR) is 77.2 cm³/mol. The third-order valence-corrected chi connectivity index (χ3v) is 4.33. The Hall–Kier alpha value is -0.790. The summed E-state index contributed by atoms with van der Waals surface area (Å²) in [5.74, 6) is 0.